The zero-order chi connectivity index (χ0) is 12.0. The molecule has 3 nitrogen and oxygen atoms in total. The number of benzene rings is 1. The smallest absolute Gasteiger partial charge is 0.221 e. The summed E-state index contributed by atoms with van der Waals surface area (Å²) in [5.41, 5.74) is 3.67. The molecule has 0 unspecified atom stereocenters. The van der Waals surface area contributed by atoms with E-state index in [1.165, 1.54) is 16.7 Å². The lowest BCUT2D eigenvalue weighted by atomic mass is 10.1. The Morgan fingerprint density at radius 3 is 2.59 bits per heavy atom. The standard InChI is InChI=1S/C13H20N2O.ClH/c1-10-4-5-12(11(2)8-10)9-15-13(16)6-7-14-3;/h4-5,8,14H,6-7,9H2,1-3H3,(H,15,16);1H. The summed E-state index contributed by atoms with van der Waals surface area (Å²) >= 11 is 0. The Morgan fingerprint density at radius 1 is 1.29 bits per heavy atom. The van der Waals surface area contributed by atoms with Gasteiger partial charge in [-0.3, -0.25) is 4.79 Å². The molecule has 0 aliphatic heterocycles. The first-order valence-electron chi connectivity index (χ1n) is 5.61. The molecule has 1 rings (SSSR count). The molecular formula is C13H21ClN2O. The van der Waals surface area contributed by atoms with E-state index in [0.717, 1.165) is 6.54 Å². The summed E-state index contributed by atoms with van der Waals surface area (Å²) in [5, 5.41) is 5.87. The van der Waals surface area contributed by atoms with Gasteiger partial charge in [-0.2, -0.15) is 0 Å². The average molecular weight is 257 g/mol. The number of carbonyl (C=O) groups is 1. The monoisotopic (exact) mass is 256 g/mol. The number of halogens is 1. The lowest BCUT2D eigenvalue weighted by Gasteiger charge is -2.08. The van der Waals surface area contributed by atoms with E-state index in [0.29, 0.717) is 13.0 Å². The fourth-order valence-corrected chi connectivity index (χ4v) is 1.56. The number of rotatable bonds is 5. The summed E-state index contributed by atoms with van der Waals surface area (Å²) in [7, 11) is 1.84. The average Bonchev–Trinajstić information content (AvgIpc) is 2.25. The van der Waals surface area contributed by atoms with Crippen LogP contribution in [0.1, 0.15) is 23.1 Å². The van der Waals surface area contributed by atoms with E-state index in [1.807, 2.05) is 7.05 Å². The highest BCUT2D eigenvalue weighted by molar-refractivity contribution is 5.85. The van der Waals surface area contributed by atoms with Crippen LogP contribution in [-0.2, 0) is 11.3 Å². The first-order chi connectivity index (χ1) is 7.63. The van der Waals surface area contributed by atoms with Crippen molar-refractivity contribution in [3.05, 3.63) is 34.9 Å². The molecule has 2 N–H and O–H groups in total. The number of amides is 1. The second kappa shape index (κ2) is 8.09. The summed E-state index contributed by atoms with van der Waals surface area (Å²) in [6.07, 6.45) is 0.529. The molecule has 0 radical (unpaired) electrons. The first-order valence-corrected chi connectivity index (χ1v) is 5.61. The molecular weight excluding hydrogens is 236 g/mol. The molecule has 96 valence electrons. The number of aryl methyl sites for hydroxylation is 2. The Hall–Kier alpha value is -1.06. The molecule has 4 heteroatoms. The van der Waals surface area contributed by atoms with Crippen LogP contribution in [0.3, 0.4) is 0 Å². The molecule has 1 aromatic rings. The molecule has 0 spiro atoms. The summed E-state index contributed by atoms with van der Waals surface area (Å²) < 4.78 is 0. The van der Waals surface area contributed by atoms with Crippen LogP contribution in [0, 0.1) is 13.8 Å². The van der Waals surface area contributed by atoms with E-state index in [4.69, 9.17) is 0 Å². The SMILES string of the molecule is CNCCC(=O)NCc1ccc(C)cc1C.Cl. The Kier molecular flexibility index (Phi) is 7.59. The molecule has 1 amide bonds. The van der Waals surface area contributed by atoms with Gasteiger partial charge in [0, 0.05) is 19.5 Å². The lowest BCUT2D eigenvalue weighted by Crippen LogP contribution is -2.26. The highest BCUT2D eigenvalue weighted by Gasteiger charge is 2.02. The van der Waals surface area contributed by atoms with Crippen molar-refractivity contribution in [1.29, 1.82) is 0 Å². The summed E-state index contributed by atoms with van der Waals surface area (Å²) in [6.45, 7) is 5.48. The Morgan fingerprint density at radius 2 is 2.00 bits per heavy atom. The van der Waals surface area contributed by atoms with Crippen molar-refractivity contribution in [2.24, 2.45) is 0 Å². The van der Waals surface area contributed by atoms with Crippen LogP contribution in [0.4, 0.5) is 0 Å². The predicted molar refractivity (Wildman–Crippen MR) is 73.6 cm³/mol. The van der Waals surface area contributed by atoms with E-state index in [9.17, 15) is 4.79 Å². The maximum atomic E-state index is 11.4. The molecule has 0 fully saturated rings. The van der Waals surface area contributed by atoms with E-state index < -0.39 is 0 Å². The zero-order valence-electron chi connectivity index (χ0n) is 10.7. The molecule has 0 aromatic heterocycles. The topological polar surface area (TPSA) is 41.1 Å². The van der Waals surface area contributed by atoms with Crippen LogP contribution in [0.25, 0.3) is 0 Å². The van der Waals surface area contributed by atoms with Crippen molar-refractivity contribution < 1.29 is 4.79 Å². The Labute approximate surface area is 109 Å². The van der Waals surface area contributed by atoms with Gasteiger partial charge in [-0.15, -0.1) is 12.4 Å². The second-order valence-corrected chi connectivity index (χ2v) is 4.06. The van der Waals surface area contributed by atoms with E-state index in [2.05, 4.69) is 42.7 Å². The molecule has 0 bridgehead atoms. The van der Waals surface area contributed by atoms with Crippen LogP contribution in [0.2, 0.25) is 0 Å². The summed E-state index contributed by atoms with van der Waals surface area (Å²) in [4.78, 5) is 11.4. The van der Waals surface area contributed by atoms with Gasteiger partial charge in [0.05, 0.1) is 0 Å². The van der Waals surface area contributed by atoms with Crippen molar-refractivity contribution in [1.82, 2.24) is 10.6 Å². The van der Waals surface area contributed by atoms with Crippen LogP contribution < -0.4 is 10.6 Å². The predicted octanol–water partition coefficient (Wildman–Crippen LogP) is 1.95. The lowest BCUT2D eigenvalue weighted by molar-refractivity contribution is -0.121. The van der Waals surface area contributed by atoms with Crippen LogP contribution in [-0.4, -0.2) is 19.5 Å². The second-order valence-electron chi connectivity index (χ2n) is 4.06. The van der Waals surface area contributed by atoms with Crippen molar-refractivity contribution in [2.75, 3.05) is 13.6 Å². The molecule has 0 aliphatic rings. The fourth-order valence-electron chi connectivity index (χ4n) is 1.56. The third-order valence-corrected chi connectivity index (χ3v) is 2.58. The Balaban J connectivity index is 0.00000256. The van der Waals surface area contributed by atoms with Crippen LogP contribution in [0.5, 0.6) is 0 Å². The fraction of sp³-hybridized carbons (Fsp3) is 0.462. The molecule has 0 saturated heterocycles. The summed E-state index contributed by atoms with van der Waals surface area (Å²) in [6, 6.07) is 6.28. The first kappa shape index (κ1) is 15.9. The molecule has 0 heterocycles. The van der Waals surface area contributed by atoms with Gasteiger partial charge in [-0.1, -0.05) is 23.8 Å². The number of hydrogen-bond acceptors (Lipinski definition) is 2. The zero-order valence-corrected chi connectivity index (χ0v) is 11.5. The van der Waals surface area contributed by atoms with Gasteiger partial charge >= 0.3 is 0 Å². The van der Waals surface area contributed by atoms with Gasteiger partial charge in [0.25, 0.3) is 0 Å². The largest absolute Gasteiger partial charge is 0.352 e. The number of nitrogens with one attached hydrogen (secondary N) is 2. The van der Waals surface area contributed by atoms with Gasteiger partial charge in [0.15, 0.2) is 0 Å². The molecule has 0 saturated carbocycles. The minimum Gasteiger partial charge on any atom is -0.352 e. The molecule has 1 aromatic carbocycles. The van der Waals surface area contributed by atoms with Crippen molar-refractivity contribution in [3.63, 3.8) is 0 Å². The van der Waals surface area contributed by atoms with Crippen molar-refractivity contribution in [2.45, 2.75) is 26.8 Å². The van der Waals surface area contributed by atoms with E-state index in [-0.39, 0.29) is 18.3 Å². The van der Waals surface area contributed by atoms with Crippen LogP contribution in [0.15, 0.2) is 18.2 Å². The third kappa shape index (κ3) is 5.71. The summed E-state index contributed by atoms with van der Waals surface area (Å²) in [5.74, 6) is 0.0920. The van der Waals surface area contributed by atoms with Crippen molar-refractivity contribution >= 4 is 18.3 Å². The molecule has 0 atom stereocenters. The minimum atomic E-state index is 0. The van der Waals surface area contributed by atoms with Gasteiger partial charge in [0.1, 0.15) is 0 Å². The van der Waals surface area contributed by atoms with Gasteiger partial charge in [0.2, 0.25) is 5.91 Å². The van der Waals surface area contributed by atoms with Crippen LogP contribution >= 0.6 is 12.4 Å². The third-order valence-electron chi connectivity index (χ3n) is 2.58. The molecule has 17 heavy (non-hydrogen) atoms. The molecule has 0 aliphatic carbocycles. The highest BCUT2D eigenvalue weighted by atomic mass is 35.5. The van der Waals surface area contributed by atoms with Gasteiger partial charge in [-0.25, -0.2) is 0 Å². The quantitative estimate of drug-likeness (QED) is 0.846. The minimum absolute atomic E-state index is 0. The van der Waals surface area contributed by atoms with Gasteiger partial charge < -0.3 is 10.6 Å². The maximum absolute atomic E-state index is 11.4. The number of hydrogen-bond donors (Lipinski definition) is 2. The number of carbonyl (C=O) groups excluding carboxylic acids is 1. The highest BCUT2D eigenvalue weighted by Crippen LogP contribution is 2.09. The Bertz CT molecular complexity index is 366. The maximum Gasteiger partial charge on any atom is 0.221 e. The van der Waals surface area contributed by atoms with E-state index in [1.54, 1.807) is 0 Å². The van der Waals surface area contributed by atoms with E-state index >= 15 is 0 Å². The normalized spacial score (nSPS) is 9.59. The van der Waals surface area contributed by atoms with Gasteiger partial charge in [-0.05, 0) is 32.0 Å². The van der Waals surface area contributed by atoms with Crippen molar-refractivity contribution in [3.8, 4) is 0 Å².